The summed E-state index contributed by atoms with van der Waals surface area (Å²) in [5.41, 5.74) is 2.97. The minimum atomic E-state index is -0.247. The van der Waals surface area contributed by atoms with Crippen molar-refractivity contribution in [2.24, 2.45) is 0 Å². The van der Waals surface area contributed by atoms with Crippen LogP contribution in [-0.2, 0) is 13.2 Å². The molecule has 0 saturated carbocycles. The van der Waals surface area contributed by atoms with Crippen molar-refractivity contribution in [3.05, 3.63) is 70.7 Å². The third kappa shape index (κ3) is 3.13. The van der Waals surface area contributed by atoms with E-state index in [-0.39, 0.29) is 5.76 Å². The van der Waals surface area contributed by atoms with Gasteiger partial charge in [-0.05, 0) is 12.1 Å². The minimum Gasteiger partial charge on any atom is -0.408 e. The Hall–Kier alpha value is -2.37. The molecule has 1 aromatic heterocycles. The summed E-state index contributed by atoms with van der Waals surface area (Å²) in [4.78, 5) is 15.2. The average Bonchev–Trinajstić information content (AvgIpc) is 2.93. The number of oxazole rings is 1. The van der Waals surface area contributed by atoms with Gasteiger partial charge in [0.05, 0.1) is 5.52 Å². The molecule has 0 amide bonds. The number of hydrogen-bond donors (Lipinski definition) is 2. The number of nitrogens with zero attached hydrogens (tertiary/aromatic N) is 1. The predicted octanol–water partition coefficient (Wildman–Crippen LogP) is -0.464. The molecule has 0 aliphatic carbocycles. The number of nitrogens with one attached hydrogen (secondary N) is 2. The SMILES string of the molecule is O=c1oc2ccccc2n1C[NH+]1CC[NH+](Cc2ccccc2)CC1. The van der Waals surface area contributed by atoms with E-state index in [9.17, 15) is 4.79 Å². The molecular formula is C19H23N3O2+2. The number of aromatic nitrogens is 1. The fraction of sp³-hybridized carbons (Fsp3) is 0.316. The Morgan fingerprint density at radius 3 is 2.33 bits per heavy atom. The number of rotatable bonds is 4. The Labute approximate surface area is 140 Å². The standard InChI is InChI=1S/C19H21N3O2/c23-19-22(17-8-4-5-9-18(17)24-19)15-21-12-10-20(11-13-21)14-16-6-2-1-3-7-16/h1-9H,10-15H2/p+2. The number of para-hydroxylation sites is 2. The third-order valence-electron chi connectivity index (χ3n) is 4.92. The van der Waals surface area contributed by atoms with Crippen LogP contribution in [0.2, 0.25) is 0 Å². The first-order valence-corrected chi connectivity index (χ1v) is 8.59. The van der Waals surface area contributed by atoms with E-state index in [1.165, 1.54) is 10.5 Å². The van der Waals surface area contributed by atoms with E-state index in [2.05, 4.69) is 30.3 Å². The van der Waals surface area contributed by atoms with Crippen molar-refractivity contribution in [2.75, 3.05) is 26.2 Å². The molecule has 4 rings (SSSR count). The fourth-order valence-corrected chi connectivity index (χ4v) is 3.56. The highest BCUT2D eigenvalue weighted by Crippen LogP contribution is 2.10. The van der Waals surface area contributed by atoms with E-state index in [1.807, 2.05) is 24.3 Å². The second kappa shape index (κ2) is 6.63. The molecule has 0 unspecified atom stereocenters. The van der Waals surface area contributed by atoms with Gasteiger partial charge in [-0.1, -0.05) is 42.5 Å². The molecule has 0 bridgehead atoms. The maximum Gasteiger partial charge on any atom is 0.424 e. The Morgan fingerprint density at radius 2 is 1.54 bits per heavy atom. The zero-order valence-corrected chi connectivity index (χ0v) is 13.7. The Kier molecular flexibility index (Phi) is 4.19. The van der Waals surface area contributed by atoms with Crippen LogP contribution in [-0.4, -0.2) is 30.7 Å². The second-order valence-electron chi connectivity index (χ2n) is 6.58. The van der Waals surface area contributed by atoms with Crippen LogP contribution in [0.4, 0.5) is 0 Å². The summed E-state index contributed by atoms with van der Waals surface area (Å²) in [5.74, 6) is -0.247. The molecular weight excluding hydrogens is 302 g/mol. The molecule has 5 nitrogen and oxygen atoms in total. The van der Waals surface area contributed by atoms with Gasteiger partial charge in [0.1, 0.15) is 32.7 Å². The molecule has 0 atom stereocenters. The van der Waals surface area contributed by atoms with Gasteiger partial charge >= 0.3 is 5.76 Å². The fourth-order valence-electron chi connectivity index (χ4n) is 3.56. The van der Waals surface area contributed by atoms with Crippen molar-refractivity contribution in [1.82, 2.24) is 4.57 Å². The van der Waals surface area contributed by atoms with Crippen molar-refractivity contribution in [2.45, 2.75) is 13.2 Å². The van der Waals surface area contributed by atoms with Crippen LogP contribution in [0.25, 0.3) is 11.1 Å². The van der Waals surface area contributed by atoms with E-state index in [0.717, 1.165) is 38.2 Å². The molecule has 5 heteroatoms. The second-order valence-corrected chi connectivity index (χ2v) is 6.58. The molecule has 24 heavy (non-hydrogen) atoms. The van der Waals surface area contributed by atoms with Crippen LogP contribution >= 0.6 is 0 Å². The first-order chi connectivity index (χ1) is 11.8. The predicted molar refractivity (Wildman–Crippen MR) is 92.0 cm³/mol. The summed E-state index contributed by atoms with van der Waals surface area (Å²) in [6.45, 7) is 6.20. The highest BCUT2D eigenvalue weighted by Gasteiger charge is 2.24. The molecule has 1 aliphatic heterocycles. The van der Waals surface area contributed by atoms with Crippen LogP contribution in [0.3, 0.4) is 0 Å². The average molecular weight is 325 g/mol. The molecule has 1 saturated heterocycles. The Balaban J connectivity index is 1.39. The van der Waals surface area contributed by atoms with Crippen molar-refractivity contribution < 1.29 is 14.2 Å². The molecule has 1 aliphatic rings. The van der Waals surface area contributed by atoms with Crippen molar-refractivity contribution in [3.63, 3.8) is 0 Å². The molecule has 2 heterocycles. The van der Waals surface area contributed by atoms with Gasteiger partial charge in [-0.2, -0.15) is 0 Å². The lowest BCUT2D eigenvalue weighted by Gasteiger charge is -2.29. The van der Waals surface area contributed by atoms with Gasteiger partial charge in [-0.15, -0.1) is 0 Å². The Bertz CT molecular complexity index is 861. The number of piperazine rings is 1. The monoisotopic (exact) mass is 325 g/mol. The van der Waals surface area contributed by atoms with Gasteiger partial charge in [0.15, 0.2) is 12.3 Å². The van der Waals surface area contributed by atoms with E-state index in [0.29, 0.717) is 12.3 Å². The van der Waals surface area contributed by atoms with Crippen LogP contribution < -0.4 is 15.6 Å². The summed E-state index contributed by atoms with van der Waals surface area (Å²) in [7, 11) is 0. The third-order valence-corrected chi connectivity index (χ3v) is 4.92. The van der Waals surface area contributed by atoms with Crippen LogP contribution in [0, 0.1) is 0 Å². The van der Waals surface area contributed by atoms with Crippen molar-refractivity contribution in [1.29, 1.82) is 0 Å². The smallest absolute Gasteiger partial charge is 0.408 e. The topological polar surface area (TPSA) is 44.0 Å². The van der Waals surface area contributed by atoms with Gasteiger partial charge < -0.3 is 14.2 Å². The van der Waals surface area contributed by atoms with E-state index in [1.54, 1.807) is 9.47 Å². The van der Waals surface area contributed by atoms with E-state index < -0.39 is 0 Å². The summed E-state index contributed by atoms with van der Waals surface area (Å²) >= 11 is 0. The summed E-state index contributed by atoms with van der Waals surface area (Å²) in [6.07, 6.45) is 0. The highest BCUT2D eigenvalue weighted by atomic mass is 16.4. The Morgan fingerprint density at radius 1 is 0.875 bits per heavy atom. The van der Waals surface area contributed by atoms with Crippen LogP contribution in [0.15, 0.2) is 63.8 Å². The van der Waals surface area contributed by atoms with Gasteiger partial charge in [-0.25, -0.2) is 9.36 Å². The summed E-state index contributed by atoms with van der Waals surface area (Å²) in [6, 6.07) is 18.3. The normalized spacial score (nSPS) is 21.2. The maximum atomic E-state index is 12.1. The molecule has 0 radical (unpaired) electrons. The molecule has 3 aromatic rings. The first kappa shape index (κ1) is 15.2. The van der Waals surface area contributed by atoms with Gasteiger partial charge in [-0.3, -0.25) is 0 Å². The molecule has 1 fully saturated rings. The van der Waals surface area contributed by atoms with Gasteiger partial charge in [0.25, 0.3) is 0 Å². The van der Waals surface area contributed by atoms with Gasteiger partial charge in [0, 0.05) is 5.56 Å². The quantitative estimate of drug-likeness (QED) is 0.682. The molecule has 0 spiro atoms. The molecule has 2 N–H and O–H groups in total. The van der Waals surface area contributed by atoms with Gasteiger partial charge in [0.2, 0.25) is 0 Å². The largest absolute Gasteiger partial charge is 0.424 e. The lowest BCUT2D eigenvalue weighted by Crippen LogP contribution is -3.27. The summed E-state index contributed by atoms with van der Waals surface area (Å²) < 4.78 is 7.10. The zero-order valence-electron chi connectivity index (χ0n) is 13.7. The molecule has 2 aromatic carbocycles. The number of benzene rings is 2. The lowest BCUT2D eigenvalue weighted by molar-refractivity contribution is -1.03. The maximum absolute atomic E-state index is 12.1. The van der Waals surface area contributed by atoms with Crippen LogP contribution in [0.1, 0.15) is 5.56 Å². The highest BCUT2D eigenvalue weighted by molar-refractivity contribution is 5.72. The van der Waals surface area contributed by atoms with E-state index in [4.69, 9.17) is 4.42 Å². The number of hydrogen-bond acceptors (Lipinski definition) is 2. The summed E-state index contributed by atoms with van der Waals surface area (Å²) in [5, 5.41) is 0. The van der Waals surface area contributed by atoms with Crippen molar-refractivity contribution in [3.8, 4) is 0 Å². The van der Waals surface area contributed by atoms with Crippen LogP contribution in [0.5, 0.6) is 0 Å². The van der Waals surface area contributed by atoms with Crippen molar-refractivity contribution >= 4 is 11.1 Å². The number of quaternary nitrogens is 2. The van der Waals surface area contributed by atoms with E-state index >= 15 is 0 Å². The minimum absolute atomic E-state index is 0.247. The number of fused-ring (bicyclic) bond motifs is 1. The molecule has 124 valence electrons. The lowest BCUT2D eigenvalue weighted by atomic mass is 10.2. The zero-order chi connectivity index (χ0) is 16.4. The first-order valence-electron chi connectivity index (χ1n) is 8.59.